The highest BCUT2D eigenvalue weighted by molar-refractivity contribution is 7.87. The maximum atomic E-state index is 12.3. The van der Waals surface area contributed by atoms with Gasteiger partial charge in [0.15, 0.2) is 0 Å². The van der Waals surface area contributed by atoms with E-state index < -0.39 is 28.8 Å². The first-order valence-electron chi connectivity index (χ1n) is 6.51. The van der Waals surface area contributed by atoms with Gasteiger partial charge in [-0.3, -0.25) is 4.79 Å². The molecule has 1 aromatic carbocycles. The highest BCUT2D eigenvalue weighted by Gasteiger charge is 2.31. The van der Waals surface area contributed by atoms with Crippen molar-refractivity contribution in [1.82, 2.24) is 9.03 Å². The molecule has 0 amide bonds. The molecular formula is C13H18N2O5S. The van der Waals surface area contributed by atoms with Gasteiger partial charge in [0, 0.05) is 13.1 Å². The van der Waals surface area contributed by atoms with E-state index in [0.29, 0.717) is 13.0 Å². The summed E-state index contributed by atoms with van der Waals surface area (Å²) in [6.45, 7) is -0.0905. The molecule has 2 rings (SSSR count). The van der Waals surface area contributed by atoms with Gasteiger partial charge in [0.2, 0.25) is 0 Å². The van der Waals surface area contributed by atoms with Gasteiger partial charge in [-0.2, -0.15) is 17.4 Å². The van der Waals surface area contributed by atoms with Gasteiger partial charge in [0.25, 0.3) is 10.2 Å². The molecule has 1 heterocycles. The van der Waals surface area contributed by atoms with E-state index in [-0.39, 0.29) is 6.54 Å². The normalized spacial score (nSPS) is 17.0. The summed E-state index contributed by atoms with van der Waals surface area (Å²) in [6.07, 6.45) is 0.610. The topological polar surface area (TPSA) is 95.9 Å². The Hall–Kier alpha value is -1.48. The quantitative estimate of drug-likeness (QED) is 0.709. The molecule has 0 aliphatic carbocycles. The van der Waals surface area contributed by atoms with Crippen LogP contribution in [0.5, 0.6) is 0 Å². The van der Waals surface area contributed by atoms with Crippen LogP contribution in [0.1, 0.15) is 11.1 Å². The molecule has 8 heteroatoms. The van der Waals surface area contributed by atoms with Crippen LogP contribution in [-0.2, 0) is 32.7 Å². The molecule has 21 heavy (non-hydrogen) atoms. The van der Waals surface area contributed by atoms with Gasteiger partial charge in [0.05, 0.1) is 13.7 Å². The smallest absolute Gasteiger partial charge is 0.326 e. The average Bonchev–Trinajstić information content (AvgIpc) is 2.51. The van der Waals surface area contributed by atoms with Gasteiger partial charge >= 0.3 is 5.97 Å². The number of hydrogen-bond acceptors (Lipinski definition) is 5. The highest BCUT2D eigenvalue weighted by atomic mass is 32.2. The third-order valence-electron chi connectivity index (χ3n) is 3.40. The molecule has 116 valence electrons. The van der Waals surface area contributed by atoms with Crippen molar-refractivity contribution in [3.63, 3.8) is 0 Å². The minimum Gasteiger partial charge on any atom is -0.468 e. The second-order valence-corrected chi connectivity index (χ2v) is 6.44. The molecule has 1 aliphatic heterocycles. The van der Waals surface area contributed by atoms with Crippen LogP contribution in [0.15, 0.2) is 24.3 Å². The van der Waals surface area contributed by atoms with Crippen molar-refractivity contribution in [2.45, 2.75) is 19.0 Å². The second kappa shape index (κ2) is 6.52. The van der Waals surface area contributed by atoms with E-state index in [4.69, 9.17) is 5.11 Å². The summed E-state index contributed by atoms with van der Waals surface area (Å²) >= 11 is 0. The number of ether oxygens (including phenoxy) is 1. The molecule has 1 atom stereocenters. The summed E-state index contributed by atoms with van der Waals surface area (Å²) in [5.41, 5.74) is 2.06. The van der Waals surface area contributed by atoms with Crippen LogP contribution >= 0.6 is 0 Å². The Bertz CT molecular complexity index is 617. The Morgan fingerprint density at radius 2 is 2.10 bits per heavy atom. The van der Waals surface area contributed by atoms with Crippen LogP contribution in [0, 0.1) is 0 Å². The number of carbonyl (C=O) groups is 1. The first-order valence-corrected chi connectivity index (χ1v) is 7.95. The Labute approximate surface area is 123 Å². The molecule has 7 nitrogen and oxygen atoms in total. The molecule has 1 aromatic rings. The van der Waals surface area contributed by atoms with Gasteiger partial charge in [0.1, 0.15) is 6.04 Å². The first-order chi connectivity index (χ1) is 9.97. The minimum absolute atomic E-state index is 0.241. The molecule has 2 N–H and O–H groups in total. The lowest BCUT2D eigenvalue weighted by Gasteiger charge is -2.29. The van der Waals surface area contributed by atoms with E-state index in [1.54, 1.807) is 0 Å². The lowest BCUT2D eigenvalue weighted by molar-refractivity contribution is -0.143. The van der Waals surface area contributed by atoms with Crippen molar-refractivity contribution < 1.29 is 23.1 Å². The number of nitrogens with one attached hydrogen (secondary N) is 1. The molecule has 0 bridgehead atoms. The molecule has 0 radical (unpaired) electrons. The third kappa shape index (κ3) is 3.59. The Morgan fingerprint density at radius 3 is 2.71 bits per heavy atom. The number of methoxy groups -OCH3 is 1. The molecule has 1 unspecified atom stereocenters. The molecule has 0 saturated heterocycles. The third-order valence-corrected chi connectivity index (χ3v) is 4.97. The molecule has 1 aliphatic rings. The Kier molecular flexibility index (Phi) is 4.94. The summed E-state index contributed by atoms with van der Waals surface area (Å²) in [7, 11) is -2.73. The van der Waals surface area contributed by atoms with Gasteiger partial charge in [-0.05, 0) is 17.5 Å². The van der Waals surface area contributed by atoms with Gasteiger partial charge < -0.3 is 9.84 Å². The SMILES string of the molecule is COC(=O)C(CO)NS(=O)(=O)N1CCc2ccccc2C1. The van der Waals surface area contributed by atoms with Crippen LogP contribution in [0.3, 0.4) is 0 Å². The predicted molar refractivity (Wildman–Crippen MR) is 75.5 cm³/mol. The number of rotatable bonds is 5. The van der Waals surface area contributed by atoms with Crippen LogP contribution in [0.4, 0.5) is 0 Å². The maximum absolute atomic E-state index is 12.3. The monoisotopic (exact) mass is 314 g/mol. The molecule has 0 spiro atoms. The number of fused-ring (bicyclic) bond motifs is 1. The number of esters is 1. The predicted octanol–water partition coefficient (Wildman–Crippen LogP) is -0.587. The van der Waals surface area contributed by atoms with E-state index in [1.807, 2.05) is 24.3 Å². The van der Waals surface area contributed by atoms with Crippen molar-refractivity contribution in [2.24, 2.45) is 0 Å². The van der Waals surface area contributed by atoms with E-state index in [1.165, 1.54) is 4.31 Å². The lowest BCUT2D eigenvalue weighted by atomic mass is 10.0. The van der Waals surface area contributed by atoms with Crippen LogP contribution < -0.4 is 4.72 Å². The standard InChI is InChI=1S/C13H18N2O5S/c1-20-13(17)12(9-16)14-21(18,19)15-7-6-10-4-2-3-5-11(10)8-15/h2-5,12,14,16H,6-9H2,1H3. The van der Waals surface area contributed by atoms with Crippen LogP contribution in [0.25, 0.3) is 0 Å². The maximum Gasteiger partial charge on any atom is 0.326 e. The van der Waals surface area contributed by atoms with E-state index in [9.17, 15) is 13.2 Å². The fourth-order valence-corrected chi connectivity index (χ4v) is 3.55. The van der Waals surface area contributed by atoms with Gasteiger partial charge in [-0.15, -0.1) is 0 Å². The van der Waals surface area contributed by atoms with Crippen molar-refractivity contribution in [3.8, 4) is 0 Å². The summed E-state index contributed by atoms with van der Waals surface area (Å²) in [5, 5.41) is 9.10. The van der Waals surface area contributed by atoms with Gasteiger partial charge in [-0.1, -0.05) is 24.3 Å². The van der Waals surface area contributed by atoms with Gasteiger partial charge in [-0.25, -0.2) is 0 Å². The molecular weight excluding hydrogens is 296 g/mol. The van der Waals surface area contributed by atoms with E-state index in [2.05, 4.69) is 9.46 Å². The van der Waals surface area contributed by atoms with Crippen molar-refractivity contribution in [2.75, 3.05) is 20.3 Å². The second-order valence-electron chi connectivity index (χ2n) is 4.73. The summed E-state index contributed by atoms with van der Waals surface area (Å²) in [5.74, 6) is -0.821. The van der Waals surface area contributed by atoms with Crippen molar-refractivity contribution in [3.05, 3.63) is 35.4 Å². The molecule has 0 saturated carbocycles. The number of carbonyl (C=O) groups excluding carboxylic acids is 1. The first kappa shape index (κ1) is 15.9. The number of benzene rings is 1. The van der Waals surface area contributed by atoms with Crippen molar-refractivity contribution >= 4 is 16.2 Å². The highest BCUT2D eigenvalue weighted by Crippen LogP contribution is 2.20. The fraction of sp³-hybridized carbons (Fsp3) is 0.462. The fourth-order valence-electron chi connectivity index (χ4n) is 2.23. The van der Waals surface area contributed by atoms with Crippen molar-refractivity contribution in [1.29, 1.82) is 0 Å². The number of hydrogen-bond donors (Lipinski definition) is 2. The average molecular weight is 314 g/mol. The summed E-state index contributed by atoms with van der Waals surface area (Å²) in [6, 6.07) is 6.32. The molecule has 0 aromatic heterocycles. The molecule has 0 fully saturated rings. The lowest BCUT2D eigenvalue weighted by Crippen LogP contribution is -2.51. The number of aliphatic hydroxyl groups excluding tert-OH is 1. The zero-order valence-electron chi connectivity index (χ0n) is 11.7. The minimum atomic E-state index is -3.87. The summed E-state index contributed by atoms with van der Waals surface area (Å²) in [4.78, 5) is 11.4. The Morgan fingerprint density at radius 1 is 1.43 bits per heavy atom. The zero-order valence-corrected chi connectivity index (χ0v) is 12.5. The number of nitrogens with zero attached hydrogens (tertiary/aromatic N) is 1. The number of aliphatic hydroxyl groups is 1. The summed E-state index contributed by atoms with van der Waals surface area (Å²) < 4.78 is 32.4. The Balaban J connectivity index is 2.12. The van der Waals surface area contributed by atoms with Crippen LogP contribution in [-0.4, -0.2) is 50.1 Å². The van der Waals surface area contributed by atoms with E-state index >= 15 is 0 Å². The van der Waals surface area contributed by atoms with E-state index in [0.717, 1.165) is 18.2 Å². The zero-order chi connectivity index (χ0) is 15.5. The largest absolute Gasteiger partial charge is 0.468 e. The van der Waals surface area contributed by atoms with Crippen LogP contribution in [0.2, 0.25) is 0 Å².